The van der Waals surface area contributed by atoms with Crippen molar-refractivity contribution < 1.29 is 19.4 Å². The van der Waals surface area contributed by atoms with E-state index in [1.54, 1.807) is 18.2 Å². The first-order valence-electron chi connectivity index (χ1n) is 7.84. The smallest absolute Gasteiger partial charge is 0.311 e. The second kappa shape index (κ2) is 7.21. The number of fused-ring (bicyclic) bond motifs is 1. The van der Waals surface area contributed by atoms with Crippen LogP contribution in [0.1, 0.15) is 32.3 Å². The third-order valence-corrected chi connectivity index (χ3v) is 4.94. The fourth-order valence-corrected chi connectivity index (χ4v) is 3.00. The molecule has 126 valence electrons. The number of aliphatic carboxylic acids is 1. The molecule has 0 fully saturated rings. The molecule has 1 aromatic carbocycles. The molecule has 6 heteroatoms. The molecule has 0 aromatic heterocycles. The van der Waals surface area contributed by atoms with Crippen LogP contribution in [0.25, 0.3) is 0 Å². The first-order chi connectivity index (χ1) is 10.9. The molecule has 2 N–H and O–H groups in total. The number of halogens is 1. The zero-order valence-electron chi connectivity index (χ0n) is 13.4. The first-order valence-corrected chi connectivity index (χ1v) is 8.22. The van der Waals surface area contributed by atoms with Crippen molar-refractivity contribution in [1.29, 1.82) is 0 Å². The van der Waals surface area contributed by atoms with Gasteiger partial charge in [0.15, 0.2) is 0 Å². The Morgan fingerprint density at radius 3 is 2.70 bits per heavy atom. The molecule has 0 spiro atoms. The SMILES string of the molecule is CCC(CC)(CNC(=O)C1COc2ccc(Cl)cc2C1)C(=O)O. The summed E-state index contributed by atoms with van der Waals surface area (Å²) in [5.74, 6) is -0.635. The van der Waals surface area contributed by atoms with E-state index in [-0.39, 0.29) is 18.4 Å². The summed E-state index contributed by atoms with van der Waals surface area (Å²) in [4.78, 5) is 23.9. The van der Waals surface area contributed by atoms with Crippen LogP contribution in [-0.2, 0) is 16.0 Å². The Morgan fingerprint density at radius 2 is 2.09 bits per heavy atom. The highest BCUT2D eigenvalue weighted by Crippen LogP contribution is 2.30. The normalized spacial score (nSPS) is 17.1. The average molecular weight is 340 g/mol. The number of hydrogen-bond acceptors (Lipinski definition) is 3. The number of hydrogen-bond donors (Lipinski definition) is 2. The summed E-state index contributed by atoms with van der Waals surface area (Å²) >= 11 is 5.98. The van der Waals surface area contributed by atoms with Gasteiger partial charge in [-0.15, -0.1) is 0 Å². The highest BCUT2D eigenvalue weighted by molar-refractivity contribution is 6.30. The fourth-order valence-electron chi connectivity index (χ4n) is 2.81. The molecule has 1 aliphatic rings. The number of ether oxygens (including phenoxy) is 1. The third-order valence-electron chi connectivity index (χ3n) is 4.71. The van der Waals surface area contributed by atoms with Gasteiger partial charge in [0.1, 0.15) is 12.4 Å². The molecule has 0 saturated heterocycles. The van der Waals surface area contributed by atoms with Crippen LogP contribution in [0, 0.1) is 11.3 Å². The van der Waals surface area contributed by atoms with Crippen molar-refractivity contribution in [3.05, 3.63) is 28.8 Å². The van der Waals surface area contributed by atoms with Crippen molar-refractivity contribution in [3.8, 4) is 5.75 Å². The molecule has 1 amide bonds. The van der Waals surface area contributed by atoms with Crippen molar-refractivity contribution >= 4 is 23.5 Å². The summed E-state index contributed by atoms with van der Waals surface area (Å²) in [6.07, 6.45) is 1.48. The van der Waals surface area contributed by atoms with Crippen LogP contribution in [0.4, 0.5) is 0 Å². The quantitative estimate of drug-likeness (QED) is 0.835. The van der Waals surface area contributed by atoms with Gasteiger partial charge in [-0.1, -0.05) is 25.4 Å². The summed E-state index contributed by atoms with van der Waals surface area (Å²) < 4.78 is 5.61. The van der Waals surface area contributed by atoms with E-state index in [0.29, 0.717) is 30.9 Å². The second-order valence-corrected chi connectivity index (χ2v) is 6.41. The minimum absolute atomic E-state index is 0.132. The topological polar surface area (TPSA) is 75.6 Å². The minimum Gasteiger partial charge on any atom is -0.492 e. The average Bonchev–Trinajstić information content (AvgIpc) is 2.55. The monoisotopic (exact) mass is 339 g/mol. The van der Waals surface area contributed by atoms with Gasteiger partial charge in [0.2, 0.25) is 5.91 Å². The van der Waals surface area contributed by atoms with E-state index in [0.717, 1.165) is 11.3 Å². The lowest BCUT2D eigenvalue weighted by molar-refractivity contribution is -0.149. The number of benzene rings is 1. The fraction of sp³-hybridized carbons (Fsp3) is 0.529. The highest BCUT2D eigenvalue weighted by atomic mass is 35.5. The number of rotatable bonds is 6. The van der Waals surface area contributed by atoms with Crippen molar-refractivity contribution in [2.75, 3.05) is 13.2 Å². The number of carbonyl (C=O) groups is 2. The zero-order chi connectivity index (χ0) is 17.0. The summed E-state index contributed by atoms with van der Waals surface area (Å²) in [6.45, 7) is 4.07. The minimum atomic E-state index is -0.910. The van der Waals surface area contributed by atoms with Crippen LogP contribution < -0.4 is 10.1 Å². The Hall–Kier alpha value is -1.75. The van der Waals surface area contributed by atoms with Crippen LogP contribution in [0.15, 0.2) is 18.2 Å². The van der Waals surface area contributed by atoms with E-state index >= 15 is 0 Å². The van der Waals surface area contributed by atoms with E-state index in [1.165, 1.54) is 0 Å². The molecule has 1 heterocycles. The molecule has 1 unspecified atom stereocenters. The molecule has 2 rings (SSSR count). The molecule has 23 heavy (non-hydrogen) atoms. The predicted molar refractivity (Wildman–Crippen MR) is 87.8 cm³/mol. The molecule has 0 saturated carbocycles. The molecule has 0 aliphatic carbocycles. The van der Waals surface area contributed by atoms with Crippen LogP contribution in [-0.4, -0.2) is 30.1 Å². The van der Waals surface area contributed by atoms with Gasteiger partial charge in [0.05, 0.1) is 11.3 Å². The molecular formula is C17H22ClNO4. The number of carboxylic acid groups (broad SMARTS) is 1. The van der Waals surface area contributed by atoms with E-state index in [1.807, 2.05) is 13.8 Å². The molecule has 1 atom stereocenters. The Morgan fingerprint density at radius 1 is 1.39 bits per heavy atom. The number of nitrogens with one attached hydrogen (secondary N) is 1. The number of carboxylic acids is 1. The van der Waals surface area contributed by atoms with Crippen LogP contribution >= 0.6 is 11.6 Å². The largest absolute Gasteiger partial charge is 0.492 e. The molecule has 0 bridgehead atoms. The van der Waals surface area contributed by atoms with Crippen molar-refractivity contribution in [2.45, 2.75) is 33.1 Å². The van der Waals surface area contributed by atoms with Gasteiger partial charge in [-0.3, -0.25) is 9.59 Å². The maximum absolute atomic E-state index is 12.4. The summed E-state index contributed by atoms with van der Waals surface area (Å²) in [5.41, 5.74) is -0.00811. The maximum Gasteiger partial charge on any atom is 0.311 e. The number of carbonyl (C=O) groups excluding carboxylic acids is 1. The summed E-state index contributed by atoms with van der Waals surface area (Å²) in [6, 6.07) is 5.36. The van der Waals surface area contributed by atoms with Gasteiger partial charge in [-0.25, -0.2) is 0 Å². The Balaban J connectivity index is 2.01. The standard InChI is InChI=1S/C17H22ClNO4/c1-3-17(4-2,16(21)22)10-19-15(20)12-7-11-8-13(18)5-6-14(11)23-9-12/h5-6,8,12H,3-4,7,9-10H2,1-2H3,(H,19,20)(H,21,22). The predicted octanol–water partition coefficient (Wildman–Crippen LogP) is 2.90. The van der Waals surface area contributed by atoms with E-state index in [4.69, 9.17) is 16.3 Å². The van der Waals surface area contributed by atoms with Crippen LogP contribution in [0.3, 0.4) is 0 Å². The van der Waals surface area contributed by atoms with E-state index in [2.05, 4.69) is 5.32 Å². The third kappa shape index (κ3) is 3.78. The van der Waals surface area contributed by atoms with Crippen molar-refractivity contribution in [2.24, 2.45) is 11.3 Å². The molecule has 1 aromatic rings. The molecular weight excluding hydrogens is 318 g/mol. The van der Waals surface area contributed by atoms with Crippen molar-refractivity contribution in [3.63, 3.8) is 0 Å². The van der Waals surface area contributed by atoms with Gasteiger partial charge in [-0.05, 0) is 43.0 Å². The lowest BCUT2D eigenvalue weighted by atomic mass is 9.82. The summed E-state index contributed by atoms with van der Waals surface area (Å²) in [5, 5.41) is 12.8. The van der Waals surface area contributed by atoms with Crippen LogP contribution in [0.2, 0.25) is 5.02 Å². The first kappa shape index (κ1) is 17.6. The highest BCUT2D eigenvalue weighted by Gasteiger charge is 2.36. The maximum atomic E-state index is 12.4. The van der Waals surface area contributed by atoms with E-state index in [9.17, 15) is 14.7 Å². The van der Waals surface area contributed by atoms with Gasteiger partial charge in [0, 0.05) is 11.6 Å². The van der Waals surface area contributed by atoms with Gasteiger partial charge in [0.25, 0.3) is 0 Å². The van der Waals surface area contributed by atoms with Crippen LogP contribution in [0.5, 0.6) is 5.75 Å². The molecule has 0 radical (unpaired) electrons. The second-order valence-electron chi connectivity index (χ2n) is 5.97. The Bertz CT molecular complexity index is 598. The summed E-state index contributed by atoms with van der Waals surface area (Å²) in [7, 11) is 0. The van der Waals surface area contributed by atoms with Gasteiger partial charge in [-0.2, -0.15) is 0 Å². The zero-order valence-corrected chi connectivity index (χ0v) is 14.2. The Labute approximate surface area is 141 Å². The van der Waals surface area contributed by atoms with Gasteiger partial charge >= 0.3 is 5.97 Å². The van der Waals surface area contributed by atoms with Gasteiger partial charge < -0.3 is 15.2 Å². The lowest BCUT2D eigenvalue weighted by Crippen LogP contribution is -2.45. The molecule has 1 aliphatic heterocycles. The van der Waals surface area contributed by atoms with E-state index < -0.39 is 11.4 Å². The molecule has 5 nitrogen and oxygen atoms in total. The Kier molecular flexibility index (Phi) is 5.52. The van der Waals surface area contributed by atoms with Crippen molar-refractivity contribution in [1.82, 2.24) is 5.32 Å². The lowest BCUT2D eigenvalue weighted by Gasteiger charge is -2.29. The number of amides is 1.